The Morgan fingerprint density at radius 2 is 1.66 bits per heavy atom. The Bertz CT molecular complexity index is 1300. The van der Waals surface area contributed by atoms with Crippen molar-refractivity contribution in [1.29, 1.82) is 0 Å². The van der Waals surface area contributed by atoms with Crippen molar-refractivity contribution in [3.8, 4) is 5.75 Å². The highest BCUT2D eigenvalue weighted by Gasteiger charge is 2.40. The standard InChI is InChI=1S/C27H33F6N7O/c1-4-41-22-11-19(23(35-14-22)25(13-17(2)34)7-5-6-8-25)16-40(24-36-38-39(3)37-24)15-18-9-20(26(28,29)30)12-21(10-18)27(31,32)33/h9-12,14,17H,4-8,13,15-16,34H2,1-3H3. The molecule has 1 saturated carbocycles. The van der Waals surface area contributed by atoms with Crippen LogP contribution in [-0.2, 0) is 37.9 Å². The van der Waals surface area contributed by atoms with Crippen LogP contribution >= 0.6 is 0 Å². The van der Waals surface area contributed by atoms with Crippen molar-refractivity contribution >= 4 is 5.95 Å². The van der Waals surface area contributed by atoms with Gasteiger partial charge in [-0.25, -0.2) is 0 Å². The Morgan fingerprint density at radius 3 is 2.17 bits per heavy atom. The largest absolute Gasteiger partial charge is 0.492 e. The van der Waals surface area contributed by atoms with Gasteiger partial charge in [0, 0.05) is 24.5 Å². The summed E-state index contributed by atoms with van der Waals surface area (Å²) in [5.74, 6) is 0.532. The number of hydrogen-bond donors (Lipinski definition) is 1. The van der Waals surface area contributed by atoms with Gasteiger partial charge >= 0.3 is 12.4 Å². The average molecular weight is 586 g/mol. The molecule has 0 spiro atoms. The van der Waals surface area contributed by atoms with Crippen LogP contribution in [-0.4, -0.2) is 37.8 Å². The zero-order valence-electron chi connectivity index (χ0n) is 23.1. The maximum Gasteiger partial charge on any atom is 0.416 e. The molecular weight excluding hydrogens is 552 g/mol. The normalized spacial score (nSPS) is 16.1. The first kappa shape index (κ1) is 30.5. The average Bonchev–Trinajstić information content (AvgIpc) is 3.52. The summed E-state index contributed by atoms with van der Waals surface area (Å²) in [4.78, 5) is 7.45. The van der Waals surface area contributed by atoms with Gasteiger partial charge < -0.3 is 15.4 Å². The summed E-state index contributed by atoms with van der Waals surface area (Å²) < 4.78 is 87.2. The molecule has 1 aliphatic rings. The molecule has 2 heterocycles. The van der Waals surface area contributed by atoms with Crippen molar-refractivity contribution in [1.82, 2.24) is 25.2 Å². The Morgan fingerprint density at radius 1 is 1.02 bits per heavy atom. The first-order valence-corrected chi connectivity index (χ1v) is 13.4. The van der Waals surface area contributed by atoms with Crippen LogP contribution in [0.4, 0.5) is 32.3 Å². The molecule has 0 bridgehead atoms. The number of rotatable bonds is 10. The molecule has 1 aliphatic carbocycles. The number of tetrazole rings is 1. The van der Waals surface area contributed by atoms with Crippen LogP contribution in [0, 0.1) is 0 Å². The molecule has 1 atom stereocenters. The summed E-state index contributed by atoms with van der Waals surface area (Å²) in [6, 6.07) is 3.23. The molecule has 3 aromatic rings. The van der Waals surface area contributed by atoms with Crippen LogP contribution in [0.2, 0.25) is 0 Å². The Hall–Kier alpha value is -3.42. The third-order valence-electron chi connectivity index (χ3n) is 7.19. The molecule has 8 nitrogen and oxygen atoms in total. The SMILES string of the molecule is CCOc1cnc(C2(CC(C)N)CCCC2)c(CN(Cc2cc(C(F)(F)F)cc(C(F)(F)F)c2)c2nnn(C)n2)c1. The Balaban J connectivity index is 1.81. The second kappa shape index (κ2) is 11.8. The second-order valence-electron chi connectivity index (χ2n) is 10.6. The van der Waals surface area contributed by atoms with E-state index in [-0.39, 0.29) is 42.1 Å². The lowest BCUT2D eigenvalue weighted by atomic mass is 9.75. The third kappa shape index (κ3) is 7.27. The smallest absolute Gasteiger partial charge is 0.416 e. The van der Waals surface area contributed by atoms with Crippen molar-refractivity contribution in [3.05, 3.63) is 58.4 Å². The first-order valence-electron chi connectivity index (χ1n) is 13.4. The van der Waals surface area contributed by atoms with E-state index in [1.165, 1.54) is 16.7 Å². The van der Waals surface area contributed by atoms with Gasteiger partial charge in [0.25, 0.3) is 5.95 Å². The van der Waals surface area contributed by atoms with Crippen LogP contribution in [0.25, 0.3) is 0 Å². The summed E-state index contributed by atoms with van der Waals surface area (Å²) in [5.41, 5.74) is 4.41. The number of alkyl halides is 6. The maximum absolute atomic E-state index is 13.6. The number of benzene rings is 1. The van der Waals surface area contributed by atoms with Crippen LogP contribution < -0.4 is 15.4 Å². The summed E-state index contributed by atoms with van der Waals surface area (Å²) >= 11 is 0. The zero-order valence-corrected chi connectivity index (χ0v) is 23.1. The lowest BCUT2D eigenvalue weighted by molar-refractivity contribution is -0.143. The molecule has 1 fully saturated rings. The number of aromatic nitrogens is 5. The summed E-state index contributed by atoms with van der Waals surface area (Å²) in [6.07, 6.45) is -3.95. The molecule has 0 radical (unpaired) electrons. The highest BCUT2D eigenvalue weighted by molar-refractivity contribution is 5.41. The maximum atomic E-state index is 13.6. The van der Waals surface area contributed by atoms with Gasteiger partial charge in [-0.3, -0.25) is 4.98 Å². The van der Waals surface area contributed by atoms with E-state index in [2.05, 4.69) is 15.4 Å². The number of anilines is 1. The van der Waals surface area contributed by atoms with Gasteiger partial charge in [0.05, 0.1) is 36.7 Å². The van der Waals surface area contributed by atoms with Gasteiger partial charge in [-0.1, -0.05) is 17.9 Å². The lowest BCUT2D eigenvalue weighted by Crippen LogP contribution is -2.34. The Kier molecular flexibility index (Phi) is 8.81. The molecule has 1 aromatic carbocycles. The summed E-state index contributed by atoms with van der Waals surface area (Å²) in [7, 11) is 1.51. The second-order valence-corrected chi connectivity index (χ2v) is 10.6. The van der Waals surface area contributed by atoms with Crippen molar-refractivity contribution in [2.45, 2.75) is 82.9 Å². The molecule has 224 valence electrons. The predicted molar refractivity (Wildman–Crippen MR) is 139 cm³/mol. The molecule has 2 N–H and O–H groups in total. The molecule has 14 heteroatoms. The van der Waals surface area contributed by atoms with Crippen LogP contribution in [0.1, 0.15) is 73.9 Å². The number of ether oxygens (including phenoxy) is 1. The number of halogens is 6. The van der Waals surface area contributed by atoms with Gasteiger partial charge in [0.15, 0.2) is 0 Å². The molecular formula is C27H33F6N7O. The van der Waals surface area contributed by atoms with E-state index >= 15 is 0 Å². The fourth-order valence-electron chi connectivity index (χ4n) is 5.67. The van der Waals surface area contributed by atoms with Crippen molar-refractivity contribution in [2.24, 2.45) is 12.8 Å². The molecule has 2 aromatic heterocycles. The lowest BCUT2D eigenvalue weighted by Gasteiger charge is -2.33. The zero-order chi connectivity index (χ0) is 30.0. The highest BCUT2D eigenvalue weighted by Crippen LogP contribution is 2.46. The minimum atomic E-state index is -4.97. The van der Waals surface area contributed by atoms with Crippen molar-refractivity contribution in [2.75, 3.05) is 11.5 Å². The van der Waals surface area contributed by atoms with E-state index < -0.39 is 23.5 Å². The predicted octanol–water partition coefficient (Wildman–Crippen LogP) is 5.80. The number of aryl methyl sites for hydroxylation is 1. The number of hydrogen-bond acceptors (Lipinski definition) is 7. The number of pyridine rings is 1. The van der Waals surface area contributed by atoms with Crippen LogP contribution in [0.3, 0.4) is 0 Å². The number of nitrogens with zero attached hydrogens (tertiary/aromatic N) is 6. The fourth-order valence-corrected chi connectivity index (χ4v) is 5.67. The van der Waals surface area contributed by atoms with E-state index in [1.807, 2.05) is 19.9 Å². The van der Waals surface area contributed by atoms with Crippen molar-refractivity contribution < 1.29 is 31.1 Å². The van der Waals surface area contributed by atoms with Gasteiger partial charge in [0.2, 0.25) is 0 Å². The summed E-state index contributed by atoms with van der Waals surface area (Å²) in [5, 5.41) is 12.0. The highest BCUT2D eigenvalue weighted by atomic mass is 19.4. The fraction of sp³-hybridized carbons (Fsp3) is 0.556. The molecule has 0 aliphatic heterocycles. The van der Waals surface area contributed by atoms with E-state index in [0.717, 1.165) is 31.4 Å². The van der Waals surface area contributed by atoms with E-state index in [1.54, 1.807) is 6.20 Å². The summed E-state index contributed by atoms with van der Waals surface area (Å²) in [6.45, 7) is 3.82. The number of nitrogens with two attached hydrogens (primary N) is 1. The minimum absolute atomic E-state index is 0.0350. The molecule has 41 heavy (non-hydrogen) atoms. The molecule has 0 saturated heterocycles. The Labute approximate surface area is 233 Å². The van der Waals surface area contributed by atoms with Gasteiger partial charge in [-0.05, 0) is 73.7 Å². The van der Waals surface area contributed by atoms with Crippen molar-refractivity contribution in [3.63, 3.8) is 0 Å². The van der Waals surface area contributed by atoms with Gasteiger partial charge in [0.1, 0.15) is 5.75 Å². The molecule has 4 rings (SSSR count). The van der Waals surface area contributed by atoms with Crippen LogP contribution in [0.15, 0.2) is 30.5 Å². The van der Waals surface area contributed by atoms with E-state index in [4.69, 9.17) is 15.5 Å². The first-order chi connectivity index (χ1) is 19.2. The quantitative estimate of drug-likeness (QED) is 0.301. The van der Waals surface area contributed by atoms with Gasteiger partial charge in [-0.2, -0.15) is 31.1 Å². The van der Waals surface area contributed by atoms with E-state index in [9.17, 15) is 26.3 Å². The topological polar surface area (TPSA) is 95.0 Å². The molecule has 0 amide bonds. The molecule has 1 unspecified atom stereocenters. The minimum Gasteiger partial charge on any atom is -0.492 e. The van der Waals surface area contributed by atoms with E-state index in [0.29, 0.717) is 36.5 Å². The third-order valence-corrected chi connectivity index (χ3v) is 7.19. The monoisotopic (exact) mass is 585 g/mol. The van der Waals surface area contributed by atoms with Crippen LogP contribution in [0.5, 0.6) is 5.75 Å². The van der Waals surface area contributed by atoms with Gasteiger partial charge in [-0.15, -0.1) is 5.10 Å².